The number of ketones is 1. The first kappa shape index (κ1) is 63.0. The Kier molecular flexibility index (Phi) is 20.8. The van der Waals surface area contributed by atoms with E-state index in [0.29, 0.717) is 54.6 Å². The van der Waals surface area contributed by atoms with Crippen molar-refractivity contribution in [3.05, 3.63) is 133 Å². The van der Waals surface area contributed by atoms with Gasteiger partial charge in [0, 0.05) is 93.7 Å². The molecule has 20 nitrogen and oxygen atoms in total. The summed E-state index contributed by atoms with van der Waals surface area (Å²) in [5, 5.41) is 22.6. The first-order valence-corrected chi connectivity index (χ1v) is 31.1. The van der Waals surface area contributed by atoms with Gasteiger partial charge in [0.1, 0.15) is 24.7 Å². The summed E-state index contributed by atoms with van der Waals surface area (Å²) in [6.45, 7) is 11.4. The SMILES string of the molecule is Cc1ncsc1-c1ccc(CNC(=O)[C@@H]2C[C@@H](O)CN2C(=O)[C@@H](NC(=O)CCOCC(=O)CCCOCCN2CCN(C)[C@H](c3ccc(Nc4nc(-c5cccc(NC(=O)c6cc7c(s6)CCCC7)c5C)cn(C)c4=O)cc3)C2=O)C(C)(C)C)cc1. The molecule has 5 N–H and O–H groups in total. The number of hydrogen-bond acceptors (Lipinski definition) is 16. The van der Waals surface area contributed by atoms with Crippen LogP contribution >= 0.6 is 22.7 Å². The number of nitrogens with zero attached hydrogens (tertiary/aromatic N) is 6. The zero-order valence-electron chi connectivity index (χ0n) is 50.0. The van der Waals surface area contributed by atoms with Gasteiger partial charge in [-0.25, -0.2) is 9.97 Å². The van der Waals surface area contributed by atoms with Crippen molar-refractivity contribution in [1.29, 1.82) is 0 Å². The van der Waals surface area contributed by atoms with E-state index in [1.165, 1.54) is 19.9 Å². The molecule has 0 saturated carbocycles. The lowest BCUT2D eigenvalue weighted by atomic mass is 9.85. The second-order valence-corrected chi connectivity index (χ2v) is 25.5. The Balaban J connectivity index is 0.676. The lowest BCUT2D eigenvalue weighted by Gasteiger charge is -2.39. The van der Waals surface area contributed by atoms with E-state index in [2.05, 4.69) is 26.3 Å². The molecule has 0 spiro atoms. The maximum Gasteiger partial charge on any atom is 0.293 e. The molecular weight excluding hydrogens is 1130 g/mol. The average Bonchev–Trinajstić information content (AvgIpc) is 3.21. The number of thiophene rings is 1. The third-order valence-corrected chi connectivity index (χ3v) is 18.3. The van der Waals surface area contributed by atoms with Crippen molar-refractivity contribution in [2.45, 2.75) is 117 Å². The lowest BCUT2D eigenvalue weighted by Crippen LogP contribution is -2.57. The predicted molar refractivity (Wildman–Crippen MR) is 332 cm³/mol. The number of likely N-dealkylation sites (tertiary alicyclic amines) is 1. The maximum atomic E-state index is 14.1. The number of thiazole rings is 1. The van der Waals surface area contributed by atoms with Gasteiger partial charge in [0.25, 0.3) is 11.5 Å². The molecule has 0 radical (unpaired) electrons. The van der Waals surface area contributed by atoms with Gasteiger partial charge in [-0.1, -0.05) is 69.3 Å². The first-order valence-electron chi connectivity index (χ1n) is 29.4. The quantitative estimate of drug-likeness (QED) is 0.0368. The van der Waals surface area contributed by atoms with E-state index >= 15 is 0 Å². The van der Waals surface area contributed by atoms with Gasteiger partial charge in [0.2, 0.25) is 23.6 Å². The molecule has 3 aromatic heterocycles. The van der Waals surface area contributed by atoms with Gasteiger partial charge < -0.3 is 50.2 Å². The summed E-state index contributed by atoms with van der Waals surface area (Å²) in [5.41, 5.74) is 9.10. The standard InChI is InChI=1S/C64H78N10O10S2/c1-39-48(14-10-15-49(39)69-60(79)53-32-44-12-8-9-16-52(44)86-53)50-36-72(7)63(82)58(68-50)67-45-23-21-42(22-24-45)55-61(80)73(27-26-71(55)6)28-31-83-29-11-13-46(75)37-84-30-25-54(77)70-57(64(3,4)5)62(81)74-35-47(76)33-51(74)59(78)65-34-41-17-19-43(20-18-41)56-40(2)66-38-85-56/h10,14-15,17-24,32,36,38,47,51,55,57,76H,8-9,11-13,16,25-31,33-35,37H2,1-7H3,(H,65,78)(H,67,68)(H,69,79)(H,70,77)/t47-,51+,55-,57-/m1/s1. The lowest BCUT2D eigenvalue weighted by molar-refractivity contribution is -0.144. The van der Waals surface area contributed by atoms with E-state index in [9.17, 15) is 38.7 Å². The highest BCUT2D eigenvalue weighted by Crippen LogP contribution is 2.34. The maximum absolute atomic E-state index is 14.1. The minimum atomic E-state index is -1.00. The predicted octanol–water partition coefficient (Wildman–Crippen LogP) is 7.52. The number of piperazine rings is 1. The largest absolute Gasteiger partial charge is 0.391 e. The number of aliphatic hydroxyl groups excluding tert-OH is 1. The number of carbonyl (C=O) groups is 6. The molecule has 5 amide bonds. The van der Waals surface area contributed by atoms with Gasteiger partial charge in [-0.3, -0.25) is 38.5 Å². The van der Waals surface area contributed by atoms with Gasteiger partial charge in [-0.05, 0) is 110 Å². The number of aliphatic hydroxyl groups is 1. The molecule has 0 unspecified atom stereocenters. The van der Waals surface area contributed by atoms with Crippen molar-refractivity contribution in [2.75, 3.05) is 70.3 Å². The number of β-amino-alcohol motifs (C(OH)–C–C–N with tert-alkyl or cyclic N) is 1. The summed E-state index contributed by atoms with van der Waals surface area (Å²) in [7, 11) is 3.58. The highest BCUT2D eigenvalue weighted by atomic mass is 32.1. The fraction of sp³-hybridized carbons (Fsp3) is 0.453. The number of nitrogens with one attached hydrogen (secondary N) is 4. The zero-order chi connectivity index (χ0) is 61.2. The van der Waals surface area contributed by atoms with Crippen molar-refractivity contribution in [1.82, 2.24) is 39.9 Å². The summed E-state index contributed by atoms with van der Waals surface area (Å²) in [6.07, 6.45) is 5.71. The highest BCUT2D eigenvalue weighted by molar-refractivity contribution is 7.14. The molecular formula is C64H78N10O10S2. The molecule has 9 rings (SSSR count). The number of ether oxygens (including phenoxy) is 2. The van der Waals surface area contributed by atoms with Gasteiger partial charge >= 0.3 is 0 Å². The third kappa shape index (κ3) is 15.6. The molecule has 22 heteroatoms. The molecule has 1 aliphatic carbocycles. The summed E-state index contributed by atoms with van der Waals surface area (Å²) in [5.74, 6) is -1.56. The van der Waals surface area contributed by atoms with Crippen LogP contribution in [-0.2, 0) is 59.9 Å². The minimum absolute atomic E-state index is 0.0464. The Bertz CT molecular complexity index is 3460. The monoisotopic (exact) mass is 1210 g/mol. The van der Waals surface area contributed by atoms with Gasteiger partial charge in [0.15, 0.2) is 11.6 Å². The number of carbonyl (C=O) groups excluding carboxylic acids is 6. The molecule has 456 valence electrons. The minimum Gasteiger partial charge on any atom is -0.391 e. The van der Waals surface area contributed by atoms with Gasteiger partial charge in [0.05, 0.1) is 46.0 Å². The van der Waals surface area contributed by atoms with Crippen LogP contribution in [0.15, 0.2) is 89.3 Å². The fourth-order valence-corrected chi connectivity index (χ4v) is 13.1. The van der Waals surface area contributed by atoms with E-state index in [1.54, 1.807) is 46.3 Å². The summed E-state index contributed by atoms with van der Waals surface area (Å²) in [6, 6.07) is 20.4. The summed E-state index contributed by atoms with van der Waals surface area (Å²) < 4.78 is 12.9. The number of anilines is 3. The number of fused-ring (bicyclic) bond motifs is 1. The number of aromatic nitrogens is 3. The normalized spacial score (nSPS) is 17.5. The second-order valence-electron chi connectivity index (χ2n) is 23.5. The molecule has 6 aromatic rings. The Hall–Kier alpha value is -7.47. The second kappa shape index (κ2) is 28.4. The molecule has 2 fully saturated rings. The van der Waals surface area contributed by atoms with Crippen LogP contribution in [0.25, 0.3) is 21.7 Å². The van der Waals surface area contributed by atoms with Crippen LogP contribution in [0.1, 0.15) is 108 Å². The number of benzene rings is 3. The van der Waals surface area contributed by atoms with E-state index in [1.807, 2.05) is 119 Å². The fourth-order valence-electron chi connectivity index (χ4n) is 11.1. The molecule has 2 aliphatic heterocycles. The molecule has 5 heterocycles. The average molecular weight is 1210 g/mol. The van der Waals surface area contributed by atoms with Crippen LogP contribution in [0.3, 0.4) is 0 Å². The smallest absolute Gasteiger partial charge is 0.293 e. The van der Waals surface area contributed by atoms with E-state index < -0.39 is 47.4 Å². The Morgan fingerprint density at radius 3 is 2.40 bits per heavy atom. The first-order chi connectivity index (χ1) is 41.2. The van der Waals surface area contributed by atoms with Crippen LogP contribution in [-0.4, -0.2) is 148 Å². The number of hydrogen-bond donors (Lipinski definition) is 5. The topological polar surface area (TPSA) is 247 Å². The molecule has 3 aromatic carbocycles. The number of likely N-dealkylation sites (N-methyl/N-ethyl adjacent to an activating group) is 1. The number of aryl methyl sites for hydroxylation is 4. The molecule has 3 aliphatic rings. The summed E-state index contributed by atoms with van der Waals surface area (Å²) in [4.78, 5) is 111. The van der Waals surface area contributed by atoms with Crippen molar-refractivity contribution >= 4 is 75.2 Å². The van der Waals surface area contributed by atoms with Crippen molar-refractivity contribution in [3.63, 3.8) is 0 Å². The summed E-state index contributed by atoms with van der Waals surface area (Å²) >= 11 is 3.13. The number of Topliss-reactive ketones (excluding diaryl/α,β-unsaturated/α-hetero) is 1. The van der Waals surface area contributed by atoms with E-state index in [4.69, 9.17) is 14.5 Å². The van der Waals surface area contributed by atoms with Crippen LogP contribution in [0.5, 0.6) is 0 Å². The Morgan fingerprint density at radius 1 is 0.895 bits per heavy atom. The van der Waals surface area contributed by atoms with E-state index in [0.717, 1.165) is 64.1 Å². The molecule has 0 bridgehead atoms. The molecule has 2 saturated heterocycles. The van der Waals surface area contributed by atoms with Crippen LogP contribution in [0, 0.1) is 19.3 Å². The van der Waals surface area contributed by atoms with Crippen molar-refractivity contribution in [2.24, 2.45) is 12.5 Å². The molecule has 4 atom stereocenters. The van der Waals surface area contributed by atoms with Gasteiger partial charge in [-0.2, -0.15) is 0 Å². The number of rotatable bonds is 24. The van der Waals surface area contributed by atoms with Crippen molar-refractivity contribution in [3.8, 4) is 21.7 Å². The zero-order valence-corrected chi connectivity index (χ0v) is 51.7. The Morgan fingerprint density at radius 2 is 1.66 bits per heavy atom. The van der Waals surface area contributed by atoms with E-state index in [-0.39, 0.29) is 81.1 Å². The third-order valence-electron chi connectivity index (χ3n) is 16.0. The molecule has 86 heavy (non-hydrogen) atoms. The highest BCUT2D eigenvalue weighted by Gasteiger charge is 2.44. The Labute approximate surface area is 509 Å². The van der Waals surface area contributed by atoms with Crippen LogP contribution < -0.4 is 26.8 Å². The van der Waals surface area contributed by atoms with Crippen molar-refractivity contribution < 1.29 is 43.3 Å². The van der Waals surface area contributed by atoms with Crippen LogP contribution in [0.4, 0.5) is 17.2 Å². The van der Waals surface area contributed by atoms with Crippen LogP contribution in [0.2, 0.25) is 0 Å². The van der Waals surface area contributed by atoms with Gasteiger partial charge in [-0.15, -0.1) is 22.7 Å². The number of amides is 5.